The topological polar surface area (TPSA) is 97.1 Å². The molecular weight excluding hydrogens is 326 g/mol. The van der Waals surface area contributed by atoms with E-state index in [9.17, 15) is 9.90 Å². The van der Waals surface area contributed by atoms with Crippen LogP contribution in [0.4, 0.5) is 5.88 Å². The molecule has 1 aromatic rings. The second-order valence-corrected chi connectivity index (χ2v) is 7.58. The lowest BCUT2D eigenvalue weighted by molar-refractivity contribution is -0.130. The van der Waals surface area contributed by atoms with Crippen molar-refractivity contribution in [2.75, 3.05) is 45.3 Å². The van der Waals surface area contributed by atoms with E-state index in [0.29, 0.717) is 32.1 Å². The first-order valence-electron chi connectivity index (χ1n) is 8.47. The molecule has 1 fully saturated rings. The van der Waals surface area contributed by atoms with Crippen LogP contribution in [0.2, 0.25) is 0 Å². The molecule has 25 heavy (non-hydrogen) atoms. The summed E-state index contributed by atoms with van der Waals surface area (Å²) in [4.78, 5) is 14.6. The van der Waals surface area contributed by atoms with Gasteiger partial charge in [0.1, 0.15) is 0 Å². The number of aliphatic hydroxyl groups is 1. The molecule has 1 atom stereocenters. The maximum Gasteiger partial charge on any atom is 0.246 e. The number of ether oxygens (including phenoxy) is 2. The van der Waals surface area contributed by atoms with Crippen LogP contribution in [0.3, 0.4) is 0 Å². The number of nitrogens with zero attached hydrogens (tertiary/aromatic N) is 2. The van der Waals surface area contributed by atoms with Gasteiger partial charge in [0.05, 0.1) is 43.8 Å². The Morgan fingerprint density at radius 1 is 1.40 bits per heavy atom. The minimum absolute atomic E-state index is 0.0481. The molecule has 1 aliphatic rings. The van der Waals surface area contributed by atoms with E-state index in [1.165, 1.54) is 0 Å². The highest BCUT2D eigenvalue weighted by molar-refractivity contribution is 5.96. The zero-order valence-electron chi connectivity index (χ0n) is 15.7. The van der Waals surface area contributed by atoms with Gasteiger partial charge >= 0.3 is 0 Å². The Morgan fingerprint density at radius 2 is 2.12 bits per heavy atom. The fourth-order valence-electron chi connectivity index (χ4n) is 2.35. The summed E-state index contributed by atoms with van der Waals surface area (Å²) in [6.07, 6.45) is -0.0481. The fourth-order valence-corrected chi connectivity index (χ4v) is 2.35. The van der Waals surface area contributed by atoms with E-state index in [1.54, 1.807) is 6.07 Å². The summed E-state index contributed by atoms with van der Waals surface area (Å²) >= 11 is 0. The SMILES string of the molecule is CN(CC1COCCO1)C(C)(C)C(=O)Nc1cc(C(C)(C)CO)no1. The van der Waals surface area contributed by atoms with Gasteiger partial charge in [0, 0.05) is 18.0 Å². The second-order valence-electron chi connectivity index (χ2n) is 7.58. The fraction of sp³-hybridized carbons (Fsp3) is 0.765. The number of aliphatic hydroxyl groups excluding tert-OH is 1. The smallest absolute Gasteiger partial charge is 0.246 e. The van der Waals surface area contributed by atoms with E-state index in [2.05, 4.69) is 10.5 Å². The first-order chi connectivity index (χ1) is 11.7. The zero-order valence-corrected chi connectivity index (χ0v) is 15.7. The highest BCUT2D eigenvalue weighted by atomic mass is 16.6. The number of likely N-dealkylation sites (N-methyl/N-ethyl adjacent to an activating group) is 1. The maximum absolute atomic E-state index is 12.7. The Bertz CT molecular complexity index is 579. The minimum atomic E-state index is -0.778. The van der Waals surface area contributed by atoms with Gasteiger partial charge < -0.3 is 19.1 Å². The summed E-state index contributed by atoms with van der Waals surface area (Å²) < 4.78 is 16.2. The number of amides is 1. The molecule has 0 saturated carbocycles. The molecule has 8 nitrogen and oxygen atoms in total. The van der Waals surface area contributed by atoms with Crippen molar-refractivity contribution in [1.82, 2.24) is 10.1 Å². The number of carbonyl (C=O) groups is 1. The van der Waals surface area contributed by atoms with Gasteiger partial charge in [-0.3, -0.25) is 15.0 Å². The zero-order chi connectivity index (χ0) is 18.7. The predicted molar refractivity (Wildman–Crippen MR) is 92.5 cm³/mol. The molecule has 1 aromatic heterocycles. The summed E-state index contributed by atoms with van der Waals surface area (Å²) in [6, 6.07) is 1.64. The molecule has 1 amide bonds. The van der Waals surface area contributed by atoms with Crippen molar-refractivity contribution in [3.05, 3.63) is 11.8 Å². The molecule has 0 bridgehead atoms. The summed E-state index contributed by atoms with van der Waals surface area (Å²) in [5.41, 5.74) is -0.721. The first kappa shape index (κ1) is 19.8. The Balaban J connectivity index is 1.98. The van der Waals surface area contributed by atoms with Crippen LogP contribution in [0.1, 0.15) is 33.4 Å². The highest BCUT2D eigenvalue weighted by Gasteiger charge is 2.35. The van der Waals surface area contributed by atoms with Crippen LogP contribution < -0.4 is 5.32 Å². The number of carbonyl (C=O) groups excluding carboxylic acids is 1. The van der Waals surface area contributed by atoms with Crippen LogP contribution >= 0.6 is 0 Å². The van der Waals surface area contributed by atoms with E-state index < -0.39 is 11.0 Å². The Kier molecular flexibility index (Phi) is 6.21. The van der Waals surface area contributed by atoms with E-state index in [-0.39, 0.29) is 24.5 Å². The third kappa shape index (κ3) is 4.78. The lowest BCUT2D eigenvalue weighted by Gasteiger charge is -2.36. The average molecular weight is 355 g/mol. The molecule has 0 aliphatic carbocycles. The van der Waals surface area contributed by atoms with Crippen LogP contribution in [0.25, 0.3) is 0 Å². The Hall–Kier alpha value is -1.48. The Morgan fingerprint density at radius 3 is 2.72 bits per heavy atom. The average Bonchev–Trinajstić information content (AvgIpc) is 3.05. The van der Waals surface area contributed by atoms with Crippen molar-refractivity contribution in [3.8, 4) is 0 Å². The number of hydrogen-bond acceptors (Lipinski definition) is 7. The number of aromatic nitrogens is 1. The molecule has 2 N–H and O–H groups in total. The van der Waals surface area contributed by atoms with Gasteiger partial charge in [-0.1, -0.05) is 19.0 Å². The quantitative estimate of drug-likeness (QED) is 0.753. The van der Waals surface area contributed by atoms with Gasteiger partial charge in [0.15, 0.2) is 0 Å². The molecule has 1 unspecified atom stereocenters. The molecule has 0 radical (unpaired) electrons. The summed E-state index contributed by atoms with van der Waals surface area (Å²) in [5.74, 6) is 0.0523. The van der Waals surface area contributed by atoms with Gasteiger partial charge in [-0.2, -0.15) is 0 Å². The molecular formula is C17H29N3O5. The molecule has 8 heteroatoms. The van der Waals surface area contributed by atoms with Crippen molar-refractivity contribution in [3.63, 3.8) is 0 Å². The van der Waals surface area contributed by atoms with Gasteiger partial charge in [-0.05, 0) is 20.9 Å². The highest BCUT2D eigenvalue weighted by Crippen LogP contribution is 2.25. The number of rotatable bonds is 7. The maximum atomic E-state index is 12.7. The van der Waals surface area contributed by atoms with Crippen molar-refractivity contribution in [2.24, 2.45) is 0 Å². The second kappa shape index (κ2) is 7.82. The van der Waals surface area contributed by atoms with Crippen LogP contribution in [0.5, 0.6) is 0 Å². The molecule has 0 aromatic carbocycles. The van der Waals surface area contributed by atoms with Crippen molar-refractivity contribution < 1.29 is 23.9 Å². The van der Waals surface area contributed by atoms with Gasteiger partial charge in [-0.15, -0.1) is 0 Å². The largest absolute Gasteiger partial charge is 0.395 e. The van der Waals surface area contributed by atoms with E-state index >= 15 is 0 Å². The predicted octanol–water partition coefficient (Wildman–Crippen LogP) is 1.01. The third-order valence-corrected chi connectivity index (χ3v) is 4.71. The molecule has 142 valence electrons. The normalized spacial score (nSPS) is 19.2. The van der Waals surface area contributed by atoms with Gasteiger partial charge in [0.2, 0.25) is 11.8 Å². The van der Waals surface area contributed by atoms with Gasteiger partial charge in [-0.25, -0.2) is 0 Å². The van der Waals surface area contributed by atoms with Crippen LogP contribution in [0.15, 0.2) is 10.6 Å². The van der Waals surface area contributed by atoms with E-state index in [4.69, 9.17) is 14.0 Å². The van der Waals surface area contributed by atoms with Crippen LogP contribution in [-0.2, 0) is 19.7 Å². The standard InChI is InChI=1S/C17H29N3O5/c1-16(2,11-21)13-8-14(25-19-13)18-15(22)17(3,4)20(5)9-12-10-23-6-7-24-12/h8,12,21H,6-7,9-11H2,1-5H3,(H,18,22). The minimum Gasteiger partial charge on any atom is -0.395 e. The summed E-state index contributed by atoms with van der Waals surface area (Å²) in [7, 11) is 1.87. The van der Waals surface area contributed by atoms with Crippen LogP contribution in [-0.4, -0.2) is 72.7 Å². The molecule has 0 spiro atoms. The molecule has 2 rings (SSSR count). The Labute approximate surface area is 148 Å². The summed E-state index contributed by atoms with van der Waals surface area (Å²) in [6.45, 7) is 9.60. The monoisotopic (exact) mass is 355 g/mol. The summed E-state index contributed by atoms with van der Waals surface area (Å²) in [5, 5.41) is 16.1. The lowest BCUT2D eigenvalue weighted by Crippen LogP contribution is -2.54. The first-order valence-corrected chi connectivity index (χ1v) is 8.47. The molecule has 1 aliphatic heterocycles. The van der Waals surface area contributed by atoms with Crippen LogP contribution in [0, 0.1) is 0 Å². The van der Waals surface area contributed by atoms with Crippen molar-refractivity contribution in [2.45, 2.75) is 44.8 Å². The van der Waals surface area contributed by atoms with Crippen molar-refractivity contribution in [1.29, 1.82) is 0 Å². The molecule has 1 saturated heterocycles. The number of nitrogens with one attached hydrogen (secondary N) is 1. The van der Waals surface area contributed by atoms with E-state index in [0.717, 1.165) is 0 Å². The lowest BCUT2D eigenvalue weighted by atomic mass is 9.91. The third-order valence-electron chi connectivity index (χ3n) is 4.71. The van der Waals surface area contributed by atoms with Crippen molar-refractivity contribution >= 4 is 11.8 Å². The van der Waals surface area contributed by atoms with Gasteiger partial charge in [0.25, 0.3) is 0 Å². The van der Waals surface area contributed by atoms with E-state index in [1.807, 2.05) is 39.6 Å². The number of anilines is 1. The molecule has 2 heterocycles. The number of hydrogen-bond donors (Lipinski definition) is 2.